The quantitative estimate of drug-likeness (QED) is 0.740. The Morgan fingerprint density at radius 1 is 1.05 bits per heavy atom. The molecule has 0 amide bonds. The SMILES string of the molecule is O=C1/C(=C\c2ccc(Br)cc2)COc2ccccc21. The average Bonchev–Trinajstić information content (AvgIpc) is 2.45. The molecule has 0 bridgehead atoms. The minimum atomic E-state index is 0.0461. The first kappa shape index (κ1) is 12.2. The normalized spacial score (nSPS) is 16.1. The third-order valence-electron chi connectivity index (χ3n) is 3.02. The van der Waals surface area contributed by atoms with Crippen molar-refractivity contribution in [3.05, 3.63) is 69.7 Å². The Kier molecular flexibility index (Phi) is 3.22. The van der Waals surface area contributed by atoms with Crippen LogP contribution in [0.1, 0.15) is 15.9 Å². The van der Waals surface area contributed by atoms with Gasteiger partial charge in [-0.1, -0.05) is 40.2 Å². The summed E-state index contributed by atoms with van der Waals surface area (Å²) in [6.45, 7) is 0.325. The van der Waals surface area contributed by atoms with Gasteiger partial charge in [-0.25, -0.2) is 0 Å². The summed E-state index contributed by atoms with van der Waals surface area (Å²) in [6.07, 6.45) is 1.88. The van der Waals surface area contributed by atoms with Gasteiger partial charge in [0.2, 0.25) is 0 Å². The number of Topliss-reactive ketones (excluding diaryl/α,β-unsaturated/α-hetero) is 1. The minimum absolute atomic E-state index is 0.0461. The van der Waals surface area contributed by atoms with Crippen molar-refractivity contribution >= 4 is 27.8 Å². The van der Waals surface area contributed by atoms with Crippen molar-refractivity contribution in [1.82, 2.24) is 0 Å². The third-order valence-corrected chi connectivity index (χ3v) is 3.55. The van der Waals surface area contributed by atoms with Crippen molar-refractivity contribution in [2.45, 2.75) is 0 Å². The van der Waals surface area contributed by atoms with Gasteiger partial charge >= 0.3 is 0 Å². The van der Waals surface area contributed by atoms with Gasteiger partial charge in [-0.05, 0) is 35.9 Å². The van der Waals surface area contributed by atoms with Crippen LogP contribution in [0.25, 0.3) is 6.08 Å². The number of hydrogen-bond donors (Lipinski definition) is 0. The second-order valence-corrected chi connectivity index (χ2v) is 5.25. The van der Waals surface area contributed by atoms with E-state index in [0.717, 1.165) is 10.0 Å². The van der Waals surface area contributed by atoms with Crippen LogP contribution < -0.4 is 4.74 Å². The van der Waals surface area contributed by atoms with Crippen molar-refractivity contribution < 1.29 is 9.53 Å². The number of halogens is 1. The van der Waals surface area contributed by atoms with E-state index in [1.807, 2.05) is 48.5 Å². The van der Waals surface area contributed by atoms with E-state index in [2.05, 4.69) is 15.9 Å². The van der Waals surface area contributed by atoms with Crippen molar-refractivity contribution in [3.63, 3.8) is 0 Å². The molecule has 0 spiro atoms. The number of carbonyl (C=O) groups excluding carboxylic acids is 1. The number of ether oxygens (including phenoxy) is 1. The Hall–Kier alpha value is -1.87. The fourth-order valence-electron chi connectivity index (χ4n) is 2.04. The maximum atomic E-state index is 12.3. The van der Waals surface area contributed by atoms with Crippen LogP contribution in [-0.2, 0) is 0 Å². The number of benzene rings is 2. The molecular weight excluding hydrogens is 304 g/mol. The van der Waals surface area contributed by atoms with E-state index in [0.29, 0.717) is 23.5 Å². The average molecular weight is 315 g/mol. The lowest BCUT2D eigenvalue weighted by molar-refractivity contribution is 0.100. The molecular formula is C16H11BrO2. The summed E-state index contributed by atoms with van der Waals surface area (Å²) in [5, 5.41) is 0. The zero-order valence-electron chi connectivity index (χ0n) is 10.1. The Labute approximate surface area is 119 Å². The van der Waals surface area contributed by atoms with Crippen LogP contribution >= 0.6 is 15.9 Å². The molecule has 3 heteroatoms. The van der Waals surface area contributed by atoms with E-state index in [9.17, 15) is 4.79 Å². The molecule has 1 heterocycles. The fourth-order valence-corrected chi connectivity index (χ4v) is 2.31. The largest absolute Gasteiger partial charge is 0.488 e. The predicted molar refractivity (Wildman–Crippen MR) is 78.4 cm³/mol. The van der Waals surface area contributed by atoms with Gasteiger partial charge in [-0.2, -0.15) is 0 Å². The van der Waals surface area contributed by atoms with Gasteiger partial charge in [-0.15, -0.1) is 0 Å². The van der Waals surface area contributed by atoms with Crippen molar-refractivity contribution in [2.24, 2.45) is 0 Å². The van der Waals surface area contributed by atoms with Gasteiger partial charge < -0.3 is 4.74 Å². The number of hydrogen-bond acceptors (Lipinski definition) is 2. The lowest BCUT2D eigenvalue weighted by Gasteiger charge is -2.18. The highest BCUT2D eigenvalue weighted by Gasteiger charge is 2.22. The van der Waals surface area contributed by atoms with Crippen LogP contribution in [0.4, 0.5) is 0 Å². The zero-order chi connectivity index (χ0) is 13.2. The summed E-state index contributed by atoms with van der Waals surface area (Å²) in [5.74, 6) is 0.713. The third kappa shape index (κ3) is 2.47. The van der Waals surface area contributed by atoms with Crippen molar-refractivity contribution in [3.8, 4) is 5.75 Å². The Balaban J connectivity index is 1.96. The molecule has 0 radical (unpaired) electrons. The fraction of sp³-hybridized carbons (Fsp3) is 0.0625. The Morgan fingerprint density at radius 2 is 1.79 bits per heavy atom. The lowest BCUT2D eigenvalue weighted by atomic mass is 9.98. The van der Waals surface area contributed by atoms with Crippen LogP contribution in [0, 0.1) is 0 Å². The van der Waals surface area contributed by atoms with Crippen LogP contribution in [-0.4, -0.2) is 12.4 Å². The topological polar surface area (TPSA) is 26.3 Å². The molecule has 2 aromatic rings. The summed E-state index contributed by atoms with van der Waals surface area (Å²) < 4.78 is 6.62. The highest BCUT2D eigenvalue weighted by Crippen LogP contribution is 2.27. The molecule has 3 rings (SSSR count). The summed E-state index contributed by atoms with van der Waals surface area (Å²) >= 11 is 3.39. The Morgan fingerprint density at radius 3 is 2.58 bits per heavy atom. The number of ketones is 1. The van der Waals surface area contributed by atoms with E-state index in [1.165, 1.54) is 0 Å². The number of para-hydroxylation sites is 1. The summed E-state index contributed by atoms with van der Waals surface area (Å²) in [5.41, 5.74) is 2.31. The number of carbonyl (C=O) groups is 1. The van der Waals surface area contributed by atoms with Crippen LogP contribution in [0.15, 0.2) is 58.6 Å². The molecule has 0 aromatic heterocycles. The summed E-state index contributed by atoms with van der Waals surface area (Å²) in [7, 11) is 0. The minimum Gasteiger partial charge on any atom is -0.488 e. The zero-order valence-corrected chi connectivity index (χ0v) is 11.7. The summed E-state index contributed by atoms with van der Waals surface area (Å²) in [4.78, 5) is 12.3. The van der Waals surface area contributed by atoms with E-state index >= 15 is 0 Å². The van der Waals surface area contributed by atoms with Gasteiger partial charge in [0.1, 0.15) is 12.4 Å². The van der Waals surface area contributed by atoms with E-state index in [4.69, 9.17) is 4.74 Å². The molecule has 2 nitrogen and oxygen atoms in total. The molecule has 0 N–H and O–H groups in total. The van der Waals surface area contributed by atoms with Crippen LogP contribution in [0.2, 0.25) is 0 Å². The standard InChI is InChI=1S/C16H11BrO2/c17-13-7-5-11(6-8-13)9-12-10-19-15-4-2-1-3-14(15)16(12)18/h1-9H,10H2/b12-9-. The molecule has 94 valence electrons. The lowest BCUT2D eigenvalue weighted by Crippen LogP contribution is -2.18. The molecule has 1 aliphatic rings. The number of rotatable bonds is 1. The Bertz CT molecular complexity index is 657. The predicted octanol–water partition coefficient (Wildman–Crippen LogP) is 4.11. The molecule has 2 aromatic carbocycles. The van der Waals surface area contributed by atoms with E-state index < -0.39 is 0 Å². The first-order chi connectivity index (χ1) is 9.24. The first-order valence-electron chi connectivity index (χ1n) is 5.97. The molecule has 0 atom stereocenters. The maximum absolute atomic E-state index is 12.3. The van der Waals surface area contributed by atoms with Gasteiger partial charge in [0, 0.05) is 10.0 Å². The summed E-state index contributed by atoms with van der Waals surface area (Å²) in [6, 6.07) is 15.2. The highest BCUT2D eigenvalue weighted by molar-refractivity contribution is 9.10. The highest BCUT2D eigenvalue weighted by atomic mass is 79.9. The van der Waals surface area contributed by atoms with Crippen LogP contribution in [0.5, 0.6) is 5.75 Å². The van der Waals surface area contributed by atoms with Crippen molar-refractivity contribution in [2.75, 3.05) is 6.61 Å². The first-order valence-corrected chi connectivity index (χ1v) is 6.76. The maximum Gasteiger partial charge on any atom is 0.196 e. The molecule has 1 aliphatic heterocycles. The van der Waals surface area contributed by atoms with Crippen molar-refractivity contribution in [1.29, 1.82) is 0 Å². The van der Waals surface area contributed by atoms with Crippen LogP contribution in [0.3, 0.4) is 0 Å². The van der Waals surface area contributed by atoms with Gasteiger partial charge in [0.25, 0.3) is 0 Å². The van der Waals surface area contributed by atoms with Gasteiger partial charge in [0.15, 0.2) is 5.78 Å². The number of fused-ring (bicyclic) bond motifs is 1. The molecule has 0 unspecified atom stereocenters. The molecule has 19 heavy (non-hydrogen) atoms. The van der Waals surface area contributed by atoms with Gasteiger partial charge in [-0.3, -0.25) is 4.79 Å². The van der Waals surface area contributed by atoms with Gasteiger partial charge in [0.05, 0.1) is 5.56 Å². The molecule has 0 saturated carbocycles. The van der Waals surface area contributed by atoms with E-state index in [-0.39, 0.29) is 5.78 Å². The molecule has 0 fully saturated rings. The molecule has 0 aliphatic carbocycles. The monoisotopic (exact) mass is 314 g/mol. The molecule has 0 saturated heterocycles. The second-order valence-electron chi connectivity index (χ2n) is 4.34. The second kappa shape index (κ2) is 5.02. The smallest absolute Gasteiger partial charge is 0.196 e. The van der Waals surface area contributed by atoms with E-state index in [1.54, 1.807) is 6.07 Å².